The molecule has 1 aromatic heterocycles. The van der Waals surface area contributed by atoms with E-state index < -0.39 is 0 Å². The first-order valence-corrected chi connectivity index (χ1v) is 8.87. The highest BCUT2D eigenvalue weighted by molar-refractivity contribution is 5.98. The monoisotopic (exact) mass is 354 g/mol. The molecule has 0 radical (unpaired) electrons. The molecule has 138 valence electrons. The molecule has 1 fully saturated rings. The Balaban J connectivity index is 1.54. The molecule has 3 rings (SSSR count). The average Bonchev–Trinajstić information content (AvgIpc) is 3.05. The summed E-state index contributed by atoms with van der Waals surface area (Å²) in [5.74, 6) is 0.836. The number of anilines is 1. The normalized spacial score (nSPS) is 15.5. The number of carbonyl (C=O) groups is 1. The van der Waals surface area contributed by atoms with Crippen LogP contribution in [0.5, 0.6) is 0 Å². The Kier molecular flexibility index (Phi) is 5.55. The zero-order valence-electron chi connectivity index (χ0n) is 15.6. The fraction of sp³-hybridized carbons (Fsp3) is 0.421. The molecule has 0 bridgehead atoms. The van der Waals surface area contributed by atoms with E-state index in [1.807, 2.05) is 18.1 Å². The van der Waals surface area contributed by atoms with Crippen LogP contribution >= 0.6 is 0 Å². The highest BCUT2D eigenvalue weighted by Crippen LogP contribution is 2.16. The van der Waals surface area contributed by atoms with Gasteiger partial charge in [-0.15, -0.1) is 0 Å². The van der Waals surface area contributed by atoms with Gasteiger partial charge < -0.3 is 15.1 Å². The molecule has 26 heavy (non-hydrogen) atoms. The lowest BCUT2D eigenvalue weighted by atomic mass is 10.1. The van der Waals surface area contributed by atoms with Gasteiger partial charge in [0.2, 0.25) is 5.91 Å². The minimum Gasteiger partial charge on any atom is -0.356 e. The third kappa shape index (κ3) is 4.22. The number of amides is 1. The van der Waals surface area contributed by atoms with Gasteiger partial charge in [0.25, 0.3) is 0 Å². The van der Waals surface area contributed by atoms with Crippen LogP contribution in [0.15, 0.2) is 41.7 Å². The maximum Gasteiger partial charge on any atom is 0.246 e. The summed E-state index contributed by atoms with van der Waals surface area (Å²) in [7, 11) is 3.61. The van der Waals surface area contributed by atoms with Crippen molar-refractivity contribution >= 4 is 17.6 Å². The summed E-state index contributed by atoms with van der Waals surface area (Å²) in [5.41, 5.74) is 3.41. The predicted octanol–water partition coefficient (Wildman–Crippen LogP) is 1.20. The van der Waals surface area contributed by atoms with Crippen LogP contribution < -0.4 is 10.2 Å². The number of aryl methyl sites for hydroxylation is 2. The summed E-state index contributed by atoms with van der Waals surface area (Å²) in [6, 6.07) is 8.51. The van der Waals surface area contributed by atoms with Crippen LogP contribution in [0.4, 0.5) is 5.69 Å². The van der Waals surface area contributed by atoms with Crippen molar-refractivity contribution in [2.24, 2.45) is 12.0 Å². The van der Waals surface area contributed by atoms with E-state index in [1.165, 1.54) is 11.1 Å². The summed E-state index contributed by atoms with van der Waals surface area (Å²) in [5, 5.41) is 7.52. The molecule has 0 unspecified atom stereocenters. The second kappa shape index (κ2) is 8.03. The van der Waals surface area contributed by atoms with Crippen molar-refractivity contribution in [2.75, 3.05) is 38.1 Å². The first kappa shape index (κ1) is 18.0. The zero-order chi connectivity index (χ0) is 18.5. The average molecular weight is 354 g/mol. The van der Waals surface area contributed by atoms with Gasteiger partial charge in [-0.05, 0) is 18.9 Å². The van der Waals surface area contributed by atoms with Crippen molar-refractivity contribution < 1.29 is 4.79 Å². The second-order valence-corrected chi connectivity index (χ2v) is 6.55. The molecule has 0 saturated carbocycles. The second-order valence-electron chi connectivity index (χ2n) is 6.55. The molecule has 0 atom stereocenters. The lowest BCUT2D eigenvalue weighted by Gasteiger charge is -2.35. The van der Waals surface area contributed by atoms with E-state index >= 15 is 0 Å². The van der Waals surface area contributed by atoms with Gasteiger partial charge in [0.1, 0.15) is 6.54 Å². The number of nitrogens with one attached hydrogen (secondary N) is 1. The number of hydrogen-bond acceptors (Lipinski definition) is 3. The Morgan fingerprint density at radius 2 is 2.19 bits per heavy atom. The van der Waals surface area contributed by atoms with Crippen molar-refractivity contribution in [3.8, 4) is 0 Å². The predicted molar refractivity (Wildman–Crippen MR) is 103 cm³/mol. The van der Waals surface area contributed by atoms with Crippen LogP contribution in [-0.2, 0) is 18.3 Å². The molecule has 2 aromatic rings. The highest BCUT2D eigenvalue weighted by atomic mass is 16.2. The highest BCUT2D eigenvalue weighted by Gasteiger charge is 2.27. The number of carbonyl (C=O) groups excluding carboxylic acids is 1. The number of piperazine rings is 1. The molecule has 0 aliphatic carbocycles. The van der Waals surface area contributed by atoms with Gasteiger partial charge in [-0.2, -0.15) is 5.10 Å². The number of guanidine groups is 1. The number of hydrogen-bond donors (Lipinski definition) is 1. The van der Waals surface area contributed by atoms with Crippen molar-refractivity contribution in [3.63, 3.8) is 0 Å². The molecule has 7 heteroatoms. The number of nitrogens with zero attached hydrogens (tertiary/aromatic N) is 5. The van der Waals surface area contributed by atoms with Crippen molar-refractivity contribution in [1.82, 2.24) is 20.0 Å². The summed E-state index contributed by atoms with van der Waals surface area (Å²) in [6.07, 6.45) is 4.51. The van der Waals surface area contributed by atoms with Crippen molar-refractivity contribution in [1.29, 1.82) is 0 Å². The quantitative estimate of drug-likeness (QED) is 0.662. The zero-order valence-corrected chi connectivity index (χ0v) is 15.6. The first-order valence-electron chi connectivity index (χ1n) is 8.87. The molecular formula is C19H26N6O. The molecule has 2 heterocycles. The van der Waals surface area contributed by atoms with Crippen LogP contribution in [0.25, 0.3) is 0 Å². The molecule has 1 N–H and O–H groups in total. The van der Waals surface area contributed by atoms with Gasteiger partial charge in [-0.3, -0.25) is 14.5 Å². The smallest absolute Gasteiger partial charge is 0.246 e. The molecule has 7 nitrogen and oxygen atoms in total. The number of rotatable bonds is 4. The number of aliphatic imine (C=N–C) groups is 1. The Labute approximate surface area is 154 Å². The van der Waals surface area contributed by atoms with Gasteiger partial charge >= 0.3 is 0 Å². The van der Waals surface area contributed by atoms with Crippen molar-refractivity contribution in [2.45, 2.75) is 13.3 Å². The Bertz CT molecular complexity index is 797. The summed E-state index contributed by atoms with van der Waals surface area (Å²) < 4.78 is 1.71. The molecule has 0 spiro atoms. The largest absolute Gasteiger partial charge is 0.356 e. The van der Waals surface area contributed by atoms with E-state index in [-0.39, 0.29) is 5.91 Å². The Morgan fingerprint density at radius 3 is 2.85 bits per heavy atom. The van der Waals surface area contributed by atoms with Crippen LogP contribution in [0.2, 0.25) is 0 Å². The SMILES string of the molecule is CN=C(NCCc1cccc(C)c1)N1CCN(c2cnn(C)c2)C(=O)C1. The maximum atomic E-state index is 12.5. The van der Waals surface area contributed by atoms with E-state index in [9.17, 15) is 4.79 Å². The third-order valence-electron chi connectivity index (χ3n) is 4.51. The van der Waals surface area contributed by atoms with E-state index in [1.54, 1.807) is 22.8 Å². The lowest BCUT2D eigenvalue weighted by Crippen LogP contribution is -2.55. The van der Waals surface area contributed by atoms with Crippen LogP contribution in [0, 0.1) is 6.92 Å². The standard InChI is InChI=1S/C19H26N6O/c1-15-5-4-6-16(11-15)7-8-21-19(20-2)24-9-10-25(18(26)14-24)17-12-22-23(3)13-17/h4-6,11-13H,7-10,14H2,1-3H3,(H,20,21). The minimum absolute atomic E-state index is 0.0610. The molecular weight excluding hydrogens is 328 g/mol. The van der Waals surface area contributed by atoms with Crippen LogP contribution in [-0.4, -0.2) is 59.8 Å². The van der Waals surface area contributed by atoms with Crippen LogP contribution in [0.1, 0.15) is 11.1 Å². The Hall–Kier alpha value is -2.83. The third-order valence-corrected chi connectivity index (χ3v) is 4.51. The summed E-state index contributed by atoms with van der Waals surface area (Å²) >= 11 is 0. The fourth-order valence-electron chi connectivity index (χ4n) is 3.19. The Morgan fingerprint density at radius 1 is 1.35 bits per heavy atom. The first-order chi connectivity index (χ1) is 12.6. The van der Waals surface area contributed by atoms with E-state index in [4.69, 9.17) is 0 Å². The molecule has 1 saturated heterocycles. The minimum atomic E-state index is 0.0610. The van der Waals surface area contributed by atoms with Gasteiger partial charge in [-0.1, -0.05) is 29.8 Å². The van der Waals surface area contributed by atoms with E-state index in [2.05, 4.69) is 46.6 Å². The number of aromatic nitrogens is 2. The molecule has 1 aliphatic heterocycles. The fourth-order valence-corrected chi connectivity index (χ4v) is 3.19. The summed E-state index contributed by atoms with van der Waals surface area (Å²) in [4.78, 5) is 20.7. The van der Waals surface area contributed by atoms with Gasteiger partial charge in [0.05, 0.1) is 11.9 Å². The molecule has 1 aliphatic rings. The molecule has 1 aromatic carbocycles. The van der Waals surface area contributed by atoms with Gasteiger partial charge in [0, 0.05) is 39.9 Å². The van der Waals surface area contributed by atoms with Crippen molar-refractivity contribution in [3.05, 3.63) is 47.8 Å². The van der Waals surface area contributed by atoms with Crippen LogP contribution in [0.3, 0.4) is 0 Å². The topological polar surface area (TPSA) is 65.8 Å². The van der Waals surface area contributed by atoms with Gasteiger partial charge in [-0.25, -0.2) is 0 Å². The van der Waals surface area contributed by atoms with E-state index in [0.717, 1.165) is 31.2 Å². The van der Waals surface area contributed by atoms with E-state index in [0.29, 0.717) is 13.1 Å². The van der Waals surface area contributed by atoms with Gasteiger partial charge in [0.15, 0.2) is 5.96 Å². The number of benzene rings is 1. The molecule has 1 amide bonds. The lowest BCUT2D eigenvalue weighted by molar-refractivity contribution is -0.120. The maximum absolute atomic E-state index is 12.5. The summed E-state index contributed by atoms with van der Waals surface area (Å²) in [6.45, 7) is 4.57.